The minimum Gasteiger partial charge on any atom is -0.447 e. The Hall–Kier alpha value is -3.56. The third kappa shape index (κ3) is 11.1. The van der Waals surface area contributed by atoms with E-state index in [9.17, 15) is 9.59 Å². The van der Waals surface area contributed by atoms with Crippen molar-refractivity contribution in [2.24, 2.45) is 13.0 Å². The number of hydrogen-bond acceptors (Lipinski definition) is 6. The number of amides is 2. The molecule has 0 bridgehead atoms. The van der Waals surface area contributed by atoms with E-state index in [0.29, 0.717) is 5.02 Å². The predicted octanol–water partition coefficient (Wildman–Crippen LogP) is 6.18. The first kappa shape index (κ1) is 35.9. The molecule has 45 heavy (non-hydrogen) atoms. The normalized spacial score (nSPS) is 17.6. The van der Waals surface area contributed by atoms with E-state index in [1.54, 1.807) is 11.2 Å². The number of nitrogens with zero attached hydrogens (tertiary/aromatic N) is 3. The van der Waals surface area contributed by atoms with Crippen LogP contribution in [0.3, 0.4) is 0 Å². The standard InChI is InChI=1S/C25H29ClN4O.C8H16N2O2.C2H6/c1-27-12-4-3-5-17-6-7-18-10-11-20(26)14-21(18)22(13-17)24(23-15-28-16-30(23)2)29-25(31)19-8-9-19;1-7(2)12-8(11)10-5-3-9-4-6-10;1-2/h4-5,10-16,19,24,27H,3,6-9H2,1-2H3,(H,29,31);7,9H,3-6H2,1-2H3;1-2H3/b12-4-,17-5+;;/t24-;;/m1../s1. The quantitative estimate of drug-likeness (QED) is 0.319. The van der Waals surface area contributed by atoms with Crippen LogP contribution in [0, 0.1) is 5.92 Å². The van der Waals surface area contributed by atoms with Crippen LogP contribution in [0.5, 0.6) is 0 Å². The van der Waals surface area contributed by atoms with Crippen molar-refractivity contribution < 1.29 is 14.3 Å². The molecular weight excluding hydrogens is 588 g/mol. The molecule has 2 aromatic rings. The molecule has 3 N–H and O–H groups in total. The molecule has 2 aliphatic carbocycles. The summed E-state index contributed by atoms with van der Waals surface area (Å²) in [6.07, 6.45) is 16.6. The van der Waals surface area contributed by atoms with Gasteiger partial charge in [-0.05, 0) is 81.0 Å². The van der Waals surface area contributed by atoms with Gasteiger partial charge in [-0.3, -0.25) is 4.79 Å². The lowest BCUT2D eigenvalue weighted by molar-refractivity contribution is -0.122. The summed E-state index contributed by atoms with van der Waals surface area (Å²) in [5, 5.41) is 10.2. The van der Waals surface area contributed by atoms with Crippen LogP contribution in [0.2, 0.25) is 5.02 Å². The Kier molecular flexibility index (Phi) is 14.7. The summed E-state index contributed by atoms with van der Waals surface area (Å²) in [6, 6.07) is 5.80. The first-order valence-electron chi connectivity index (χ1n) is 16.2. The molecule has 3 aliphatic rings. The highest BCUT2D eigenvalue weighted by Gasteiger charge is 2.34. The van der Waals surface area contributed by atoms with E-state index in [4.69, 9.17) is 16.3 Å². The van der Waals surface area contributed by atoms with E-state index in [1.807, 2.05) is 70.9 Å². The number of nitrogens with one attached hydrogen (secondary N) is 3. The fourth-order valence-electron chi connectivity index (χ4n) is 5.16. The number of fused-ring (bicyclic) bond motifs is 1. The number of carbonyl (C=O) groups excluding carboxylic acids is 2. The summed E-state index contributed by atoms with van der Waals surface area (Å²) < 4.78 is 7.03. The first-order chi connectivity index (χ1) is 21.8. The van der Waals surface area contributed by atoms with Crippen molar-refractivity contribution in [3.8, 4) is 0 Å². The average molecular weight is 639 g/mol. The number of aromatic nitrogens is 2. The minimum atomic E-state index is -0.285. The highest BCUT2D eigenvalue weighted by Crippen LogP contribution is 2.39. The zero-order valence-electron chi connectivity index (χ0n) is 27.7. The molecule has 0 radical (unpaired) electrons. The number of allylic oxidation sites excluding steroid dienone is 4. The zero-order chi connectivity index (χ0) is 32.8. The summed E-state index contributed by atoms with van der Waals surface area (Å²) in [7, 11) is 3.86. The largest absolute Gasteiger partial charge is 0.447 e. The zero-order valence-corrected chi connectivity index (χ0v) is 28.5. The molecule has 5 rings (SSSR count). The van der Waals surface area contributed by atoms with Crippen LogP contribution < -0.4 is 16.0 Å². The first-order valence-corrected chi connectivity index (χ1v) is 16.6. The van der Waals surface area contributed by atoms with E-state index in [0.717, 1.165) is 75.1 Å². The average Bonchev–Trinajstić information content (AvgIpc) is 3.84. The Balaban J connectivity index is 0.000000331. The van der Waals surface area contributed by atoms with Crippen LogP contribution in [0.1, 0.15) is 76.2 Å². The Morgan fingerprint density at radius 3 is 2.53 bits per heavy atom. The molecule has 1 aliphatic heterocycles. The van der Waals surface area contributed by atoms with Gasteiger partial charge < -0.3 is 30.2 Å². The number of piperazine rings is 1. The van der Waals surface area contributed by atoms with Crippen LogP contribution in [0.15, 0.2) is 60.7 Å². The van der Waals surface area contributed by atoms with Gasteiger partial charge in [-0.1, -0.05) is 55.3 Å². The number of carbonyl (C=O) groups is 2. The monoisotopic (exact) mass is 638 g/mol. The van der Waals surface area contributed by atoms with Gasteiger partial charge in [0.2, 0.25) is 5.91 Å². The molecule has 1 atom stereocenters. The van der Waals surface area contributed by atoms with Crippen molar-refractivity contribution in [3.05, 3.63) is 82.6 Å². The maximum Gasteiger partial charge on any atom is 0.410 e. The van der Waals surface area contributed by atoms with E-state index in [1.165, 1.54) is 11.1 Å². The molecule has 2 fully saturated rings. The number of benzene rings is 1. The van der Waals surface area contributed by atoms with Crippen molar-refractivity contribution in [1.29, 1.82) is 0 Å². The molecule has 9 nitrogen and oxygen atoms in total. The van der Waals surface area contributed by atoms with Gasteiger partial charge in [0.05, 0.1) is 30.4 Å². The van der Waals surface area contributed by atoms with E-state index < -0.39 is 0 Å². The number of halogens is 1. The smallest absolute Gasteiger partial charge is 0.410 e. The van der Waals surface area contributed by atoms with Crippen LogP contribution >= 0.6 is 11.6 Å². The predicted molar refractivity (Wildman–Crippen MR) is 183 cm³/mol. The molecule has 1 saturated heterocycles. The maximum absolute atomic E-state index is 12.8. The van der Waals surface area contributed by atoms with Crippen molar-refractivity contribution in [2.45, 2.75) is 71.9 Å². The van der Waals surface area contributed by atoms with Crippen LogP contribution in [0.4, 0.5) is 4.79 Å². The third-order valence-corrected chi connectivity index (χ3v) is 7.85. The molecule has 1 aromatic carbocycles. The number of imidazole rings is 1. The molecule has 0 spiro atoms. The second-order valence-electron chi connectivity index (χ2n) is 11.4. The lowest BCUT2D eigenvalue weighted by atomic mass is 9.92. The van der Waals surface area contributed by atoms with E-state index >= 15 is 0 Å². The molecule has 0 unspecified atom stereocenters. The van der Waals surface area contributed by atoms with Gasteiger partial charge >= 0.3 is 6.09 Å². The van der Waals surface area contributed by atoms with Crippen molar-refractivity contribution in [2.75, 3.05) is 33.2 Å². The lowest BCUT2D eigenvalue weighted by Crippen LogP contribution is -2.47. The Labute approximate surface area is 274 Å². The van der Waals surface area contributed by atoms with Gasteiger partial charge in [0.1, 0.15) is 0 Å². The van der Waals surface area contributed by atoms with Crippen molar-refractivity contribution in [1.82, 2.24) is 30.4 Å². The Morgan fingerprint density at radius 1 is 1.18 bits per heavy atom. The van der Waals surface area contributed by atoms with Gasteiger partial charge in [-0.25, -0.2) is 9.78 Å². The molecule has 2 heterocycles. The van der Waals surface area contributed by atoms with Gasteiger partial charge in [0.25, 0.3) is 0 Å². The summed E-state index contributed by atoms with van der Waals surface area (Å²) in [6.45, 7) is 11.0. The number of hydrogen-bond donors (Lipinski definition) is 3. The fraction of sp³-hybridized carbons (Fsp3) is 0.514. The van der Waals surface area contributed by atoms with Crippen LogP contribution in [0.25, 0.3) is 5.57 Å². The van der Waals surface area contributed by atoms with Crippen LogP contribution in [-0.2, 0) is 23.0 Å². The SMILES string of the molecule is CC.CC(C)OC(=O)N1CCNCC1.CN/C=C\C/C=C1/C=C([C@@H](NC(=O)C2CC2)c2cncn2C)c2cc(Cl)ccc2CC1. The summed E-state index contributed by atoms with van der Waals surface area (Å²) in [4.78, 5) is 30.2. The molecule has 10 heteroatoms. The molecule has 1 saturated carbocycles. The molecule has 1 aromatic heterocycles. The van der Waals surface area contributed by atoms with E-state index in [2.05, 4.69) is 45.2 Å². The summed E-state index contributed by atoms with van der Waals surface area (Å²) in [5.41, 5.74) is 5.64. The molecular formula is C35H51ClN6O3. The Bertz CT molecular complexity index is 1340. The third-order valence-electron chi connectivity index (χ3n) is 7.61. The Morgan fingerprint density at radius 2 is 1.91 bits per heavy atom. The van der Waals surface area contributed by atoms with E-state index in [-0.39, 0.29) is 30.1 Å². The molecule has 246 valence electrons. The number of aryl methyl sites for hydroxylation is 2. The fourth-order valence-corrected chi connectivity index (χ4v) is 5.33. The maximum atomic E-state index is 12.8. The summed E-state index contributed by atoms with van der Waals surface area (Å²) >= 11 is 6.41. The topological polar surface area (TPSA) is 101 Å². The number of rotatable bonds is 8. The van der Waals surface area contributed by atoms with Gasteiger partial charge in [0.15, 0.2) is 0 Å². The summed E-state index contributed by atoms with van der Waals surface area (Å²) in [5.74, 6) is 0.241. The van der Waals surface area contributed by atoms with Crippen molar-refractivity contribution >= 4 is 29.2 Å². The second kappa shape index (κ2) is 18.4. The van der Waals surface area contributed by atoms with Gasteiger partial charge in [-0.2, -0.15) is 0 Å². The van der Waals surface area contributed by atoms with Crippen molar-refractivity contribution in [3.63, 3.8) is 0 Å². The van der Waals surface area contributed by atoms with Gasteiger partial charge in [-0.15, -0.1) is 0 Å². The second-order valence-corrected chi connectivity index (χ2v) is 11.9. The van der Waals surface area contributed by atoms with Crippen LogP contribution in [-0.4, -0.2) is 65.8 Å². The molecule has 2 amide bonds. The minimum absolute atomic E-state index is 0.0209. The lowest BCUT2D eigenvalue weighted by Gasteiger charge is -2.27. The highest BCUT2D eigenvalue weighted by molar-refractivity contribution is 6.30. The number of ether oxygens (including phenoxy) is 1. The highest BCUT2D eigenvalue weighted by atomic mass is 35.5. The van der Waals surface area contributed by atoms with Gasteiger partial charge in [0, 0.05) is 51.2 Å².